The summed E-state index contributed by atoms with van der Waals surface area (Å²) < 4.78 is 38.7. The predicted octanol–water partition coefficient (Wildman–Crippen LogP) is 2.38. The van der Waals surface area contributed by atoms with Gasteiger partial charge in [0.2, 0.25) is 11.8 Å². The summed E-state index contributed by atoms with van der Waals surface area (Å²) in [5, 5.41) is 2.75. The first-order valence-corrected chi connectivity index (χ1v) is 7.42. The van der Waals surface area contributed by atoms with Crippen molar-refractivity contribution in [2.24, 2.45) is 0 Å². The number of alkyl halides is 3. The zero-order valence-corrected chi connectivity index (χ0v) is 12.3. The minimum absolute atomic E-state index is 0.174. The van der Waals surface area contributed by atoms with Gasteiger partial charge in [-0.3, -0.25) is 9.59 Å². The Balaban J connectivity index is 2.44. The van der Waals surface area contributed by atoms with E-state index in [9.17, 15) is 22.8 Å². The van der Waals surface area contributed by atoms with Crippen molar-refractivity contribution in [3.05, 3.63) is 0 Å². The van der Waals surface area contributed by atoms with E-state index >= 15 is 0 Å². The lowest BCUT2D eigenvalue weighted by atomic mass is 9.80. The van der Waals surface area contributed by atoms with Crippen molar-refractivity contribution in [2.75, 3.05) is 6.54 Å². The van der Waals surface area contributed by atoms with Gasteiger partial charge in [-0.1, -0.05) is 26.7 Å². The van der Waals surface area contributed by atoms with Crippen LogP contribution in [0.1, 0.15) is 52.4 Å². The van der Waals surface area contributed by atoms with E-state index in [2.05, 4.69) is 5.32 Å². The normalized spacial score (nSPS) is 24.5. The maximum absolute atomic E-state index is 12.9. The lowest BCUT2D eigenvalue weighted by Crippen LogP contribution is -2.75. The zero-order valence-electron chi connectivity index (χ0n) is 12.3. The van der Waals surface area contributed by atoms with Crippen LogP contribution in [0, 0.1) is 0 Å². The Labute approximate surface area is 122 Å². The van der Waals surface area contributed by atoms with Crippen LogP contribution in [0.5, 0.6) is 0 Å². The highest BCUT2D eigenvalue weighted by Gasteiger charge is 2.59. The van der Waals surface area contributed by atoms with E-state index in [0.717, 1.165) is 17.7 Å². The fourth-order valence-electron chi connectivity index (χ4n) is 3.64. The number of nitrogens with one attached hydrogen (secondary N) is 1. The molecule has 0 aromatic carbocycles. The highest BCUT2D eigenvalue weighted by molar-refractivity contribution is 6.02. The van der Waals surface area contributed by atoms with Crippen molar-refractivity contribution >= 4 is 11.8 Å². The standard InChI is InChI=1S/C14H21F3N2O2/c1-3-13(4-2)10(20)18-12(7-5-6-8-12)11(21)19(13)9-14(15,16)17/h3-9H2,1-2H3,(H,18,20). The Kier molecular flexibility index (Phi) is 3.97. The number of hydrogen-bond donors (Lipinski definition) is 1. The Hall–Kier alpha value is -1.27. The second-order valence-corrected chi connectivity index (χ2v) is 5.99. The molecular weight excluding hydrogens is 285 g/mol. The summed E-state index contributed by atoms with van der Waals surface area (Å²) in [6, 6.07) is 0. The molecule has 2 rings (SSSR count). The van der Waals surface area contributed by atoms with Crippen LogP contribution in [0.25, 0.3) is 0 Å². The van der Waals surface area contributed by atoms with Crippen molar-refractivity contribution in [3.8, 4) is 0 Å². The number of rotatable bonds is 3. The van der Waals surface area contributed by atoms with Crippen molar-refractivity contribution in [2.45, 2.75) is 69.6 Å². The maximum atomic E-state index is 12.9. The lowest BCUT2D eigenvalue weighted by Gasteiger charge is -2.51. The first kappa shape index (κ1) is 16.1. The Bertz CT molecular complexity index is 438. The maximum Gasteiger partial charge on any atom is 0.406 e. The van der Waals surface area contributed by atoms with Crippen LogP contribution in [-0.4, -0.2) is 40.5 Å². The summed E-state index contributed by atoms with van der Waals surface area (Å²) in [6.07, 6.45) is -1.82. The molecule has 1 spiro atoms. The summed E-state index contributed by atoms with van der Waals surface area (Å²) in [5.41, 5.74) is -2.50. The van der Waals surface area contributed by atoms with Gasteiger partial charge in [0, 0.05) is 0 Å². The molecule has 1 aliphatic heterocycles. The number of halogens is 3. The average Bonchev–Trinajstić information content (AvgIpc) is 2.85. The fourth-order valence-corrected chi connectivity index (χ4v) is 3.64. The van der Waals surface area contributed by atoms with Crippen molar-refractivity contribution in [1.29, 1.82) is 0 Å². The monoisotopic (exact) mass is 306 g/mol. The average molecular weight is 306 g/mol. The highest BCUT2D eigenvalue weighted by atomic mass is 19.4. The molecule has 21 heavy (non-hydrogen) atoms. The molecule has 0 unspecified atom stereocenters. The number of carbonyl (C=O) groups is 2. The first-order chi connectivity index (χ1) is 9.71. The van der Waals surface area contributed by atoms with Gasteiger partial charge in [-0.05, 0) is 25.7 Å². The molecule has 7 heteroatoms. The molecule has 2 amide bonds. The number of hydrogen-bond acceptors (Lipinski definition) is 2. The van der Waals surface area contributed by atoms with Crippen molar-refractivity contribution < 1.29 is 22.8 Å². The molecule has 1 saturated heterocycles. The Morgan fingerprint density at radius 1 is 1.14 bits per heavy atom. The summed E-state index contributed by atoms with van der Waals surface area (Å²) in [5.74, 6) is -1.01. The minimum atomic E-state index is -4.51. The molecule has 1 aliphatic carbocycles. The van der Waals surface area contributed by atoms with E-state index in [0.29, 0.717) is 12.8 Å². The summed E-state index contributed by atoms with van der Waals surface area (Å²) >= 11 is 0. The molecule has 1 saturated carbocycles. The van der Waals surface area contributed by atoms with Crippen LogP contribution in [-0.2, 0) is 9.59 Å². The van der Waals surface area contributed by atoms with E-state index in [1.54, 1.807) is 13.8 Å². The van der Waals surface area contributed by atoms with E-state index in [-0.39, 0.29) is 12.8 Å². The van der Waals surface area contributed by atoms with Crippen LogP contribution in [0.3, 0.4) is 0 Å². The third kappa shape index (κ3) is 2.51. The van der Waals surface area contributed by atoms with Crippen molar-refractivity contribution in [1.82, 2.24) is 10.2 Å². The van der Waals surface area contributed by atoms with Crippen LogP contribution < -0.4 is 5.32 Å². The molecule has 120 valence electrons. The summed E-state index contributed by atoms with van der Waals surface area (Å²) in [4.78, 5) is 26.0. The molecular formula is C14H21F3N2O2. The molecule has 2 fully saturated rings. The fraction of sp³-hybridized carbons (Fsp3) is 0.857. The second-order valence-electron chi connectivity index (χ2n) is 5.99. The van der Waals surface area contributed by atoms with Gasteiger partial charge in [-0.15, -0.1) is 0 Å². The number of piperazine rings is 1. The third-order valence-electron chi connectivity index (χ3n) is 4.91. The molecule has 4 nitrogen and oxygen atoms in total. The molecule has 1 heterocycles. The SMILES string of the molecule is CCC1(CC)C(=O)NC2(CCCC2)C(=O)N1CC(F)(F)F. The number of amides is 2. The van der Waals surface area contributed by atoms with Gasteiger partial charge < -0.3 is 10.2 Å². The van der Waals surface area contributed by atoms with E-state index in [1.807, 2.05) is 0 Å². The smallest absolute Gasteiger partial charge is 0.340 e. The first-order valence-electron chi connectivity index (χ1n) is 7.42. The van der Waals surface area contributed by atoms with E-state index in [4.69, 9.17) is 0 Å². The van der Waals surface area contributed by atoms with E-state index < -0.39 is 35.6 Å². The molecule has 1 N–H and O–H groups in total. The molecule has 0 radical (unpaired) electrons. The molecule has 0 atom stereocenters. The number of carbonyl (C=O) groups excluding carboxylic acids is 2. The van der Waals surface area contributed by atoms with E-state index in [1.165, 1.54) is 0 Å². The van der Waals surface area contributed by atoms with Gasteiger partial charge in [0.15, 0.2) is 0 Å². The summed E-state index contributed by atoms with van der Waals surface area (Å²) in [6.45, 7) is 1.93. The van der Waals surface area contributed by atoms with Crippen LogP contribution >= 0.6 is 0 Å². The van der Waals surface area contributed by atoms with Gasteiger partial charge in [0.25, 0.3) is 0 Å². The topological polar surface area (TPSA) is 49.4 Å². The number of nitrogens with zero attached hydrogens (tertiary/aromatic N) is 1. The Morgan fingerprint density at radius 2 is 1.67 bits per heavy atom. The Morgan fingerprint density at radius 3 is 2.10 bits per heavy atom. The predicted molar refractivity (Wildman–Crippen MR) is 70.4 cm³/mol. The molecule has 0 bridgehead atoms. The van der Waals surface area contributed by atoms with Gasteiger partial charge in [-0.2, -0.15) is 13.2 Å². The van der Waals surface area contributed by atoms with Gasteiger partial charge >= 0.3 is 6.18 Å². The molecule has 0 aromatic heterocycles. The quantitative estimate of drug-likeness (QED) is 0.870. The third-order valence-corrected chi connectivity index (χ3v) is 4.91. The summed E-state index contributed by atoms with van der Waals surface area (Å²) in [7, 11) is 0. The second kappa shape index (κ2) is 5.18. The largest absolute Gasteiger partial charge is 0.406 e. The van der Waals surface area contributed by atoms with Gasteiger partial charge in [-0.25, -0.2) is 0 Å². The van der Waals surface area contributed by atoms with Gasteiger partial charge in [0.05, 0.1) is 0 Å². The molecule has 2 aliphatic rings. The van der Waals surface area contributed by atoms with Crippen LogP contribution in [0.2, 0.25) is 0 Å². The van der Waals surface area contributed by atoms with Crippen LogP contribution in [0.15, 0.2) is 0 Å². The minimum Gasteiger partial charge on any atom is -0.340 e. The van der Waals surface area contributed by atoms with Gasteiger partial charge in [0.1, 0.15) is 17.6 Å². The van der Waals surface area contributed by atoms with Crippen LogP contribution in [0.4, 0.5) is 13.2 Å². The lowest BCUT2D eigenvalue weighted by molar-refractivity contribution is -0.188. The molecule has 0 aromatic rings. The highest BCUT2D eigenvalue weighted by Crippen LogP contribution is 2.41. The zero-order chi connectivity index (χ0) is 15.9. The van der Waals surface area contributed by atoms with Crippen molar-refractivity contribution in [3.63, 3.8) is 0 Å².